The molecule has 0 N–H and O–H groups in total. The Balaban J connectivity index is 0.000000180. The summed E-state index contributed by atoms with van der Waals surface area (Å²) < 4.78 is 25.0. The van der Waals surface area contributed by atoms with Gasteiger partial charge in [0.1, 0.15) is 11.6 Å². The van der Waals surface area contributed by atoms with E-state index in [9.17, 15) is 8.78 Å². The van der Waals surface area contributed by atoms with Crippen molar-refractivity contribution in [1.29, 1.82) is 0 Å². The Morgan fingerprint density at radius 1 is 0.722 bits per heavy atom. The minimum Gasteiger partial charge on any atom is -0.207 e. The van der Waals surface area contributed by atoms with Crippen molar-refractivity contribution in [2.75, 3.05) is 0 Å². The third kappa shape index (κ3) is 3.97. The van der Waals surface area contributed by atoms with Gasteiger partial charge in [-0.2, -0.15) is 0 Å². The van der Waals surface area contributed by atoms with E-state index in [0.717, 1.165) is 0 Å². The zero-order valence-electron chi connectivity index (χ0n) is 9.98. The van der Waals surface area contributed by atoms with Crippen LogP contribution in [0.15, 0.2) is 36.4 Å². The zero-order chi connectivity index (χ0) is 13.7. The first-order valence-electron chi connectivity index (χ1n) is 5.24. The van der Waals surface area contributed by atoms with Gasteiger partial charge in [0.2, 0.25) is 0 Å². The number of hydrogen-bond acceptors (Lipinski definition) is 0. The van der Waals surface area contributed by atoms with Crippen LogP contribution in [0.5, 0.6) is 0 Å². The fourth-order valence-corrected chi connectivity index (χ4v) is 1.49. The van der Waals surface area contributed by atoms with Gasteiger partial charge in [0.15, 0.2) is 0 Å². The van der Waals surface area contributed by atoms with Crippen molar-refractivity contribution in [2.24, 2.45) is 0 Å². The average molecular weight is 289 g/mol. The summed E-state index contributed by atoms with van der Waals surface area (Å²) in [6, 6.07) is 9.29. The number of hydrogen-bond donors (Lipinski definition) is 0. The molecule has 0 aliphatic heterocycles. The summed E-state index contributed by atoms with van der Waals surface area (Å²) in [5.41, 5.74) is 1.03. The van der Waals surface area contributed by atoms with E-state index < -0.39 is 0 Å². The lowest BCUT2D eigenvalue weighted by atomic mass is 10.2. The molecule has 0 atom stereocenters. The quantitative estimate of drug-likeness (QED) is 0.594. The third-order valence-corrected chi connectivity index (χ3v) is 3.22. The van der Waals surface area contributed by atoms with Crippen molar-refractivity contribution in [2.45, 2.75) is 13.8 Å². The molecular weight excluding hydrogens is 277 g/mol. The standard InChI is InChI=1S/2C7H6ClF/c2*1-5-6(8)3-2-4-7(5)9/h2*2-4H,1H3. The van der Waals surface area contributed by atoms with Gasteiger partial charge in [-0.25, -0.2) is 8.78 Å². The number of rotatable bonds is 0. The topological polar surface area (TPSA) is 0 Å². The Hall–Kier alpha value is -1.12. The molecule has 0 amide bonds. The minimum absolute atomic E-state index is 0.248. The van der Waals surface area contributed by atoms with Crippen LogP contribution in [0, 0.1) is 25.5 Å². The third-order valence-electron chi connectivity index (χ3n) is 2.40. The first-order chi connectivity index (χ1) is 8.43. The molecule has 0 spiro atoms. The van der Waals surface area contributed by atoms with Crippen LogP contribution in [0.2, 0.25) is 10.0 Å². The summed E-state index contributed by atoms with van der Waals surface area (Å²) in [7, 11) is 0. The van der Waals surface area contributed by atoms with Crippen LogP contribution in [0.3, 0.4) is 0 Å². The Morgan fingerprint density at radius 3 is 1.28 bits per heavy atom. The van der Waals surface area contributed by atoms with Gasteiger partial charge in [-0.05, 0) is 38.1 Å². The number of halogens is 4. The summed E-state index contributed by atoms with van der Waals surface area (Å²) in [5, 5.41) is 0.963. The second-order valence-corrected chi connectivity index (χ2v) is 4.51. The molecule has 0 fully saturated rings. The maximum absolute atomic E-state index is 12.5. The van der Waals surface area contributed by atoms with Crippen molar-refractivity contribution in [3.8, 4) is 0 Å². The van der Waals surface area contributed by atoms with E-state index in [1.165, 1.54) is 12.1 Å². The van der Waals surface area contributed by atoms with E-state index in [2.05, 4.69) is 0 Å². The smallest absolute Gasteiger partial charge is 0.127 e. The molecule has 0 radical (unpaired) electrons. The van der Waals surface area contributed by atoms with E-state index in [0.29, 0.717) is 21.2 Å². The molecule has 0 heterocycles. The second-order valence-electron chi connectivity index (χ2n) is 3.69. The number of benzene rings is 2. The van der Waals surface area contributed by atoms with Gasteiger partial charge in [-0.15, -0.1) is 0 Å². The van der Waals surface area contributed by atoms with Crippen molar-refractivity contribution in [3.63, 3.8) is 0 Å². The van der Waals surface area contributed by atoms with Crippen molar-refractivity contribution < 1.29 is 8.78 Å². The van der Waals surface area contributed by atoms with Gasteiger partial charge in [0, 0.05) is 21.2 Å². The Morgan fingerprint density at radius 2 is 1.06 bits per heavy atom. The molecule has 18 heavy (non-hydrogen) atoms. The molecular formula is C14H12Cl2F2. The Bertz CT molecular complexity index is 449. The fraction of sp³-hybridized carbons (Fsp3) is 0.143. The largest absolute Gasteiger partial charge is 0.207 e. The summed E-state index contributed by atoms with van der Waals surface area (Å²) in [6.07, 6.45) is 0. The second kappa shape index (κ2) is 6.72. The van der Waals surface area contributed by atoms with Crippen LogP contribution in [0.1, 0.15) is 11.1 Å². The van der Waals surface area contributed by atoms with Crippen molar-refractivity contribution in [1.82, 2.24) is 0 Å². The molecule has 2 aromatic rings. The first-order valence-corrected chi connectivity index (χ1v) is 6.00. The van der Waals surface area contributed by atoms with E-state index in [4.69, 9.17) is 23.2 Å². The molecule has 0 unspecified atom stereocenters. The normalized spacial score (nSPS) is 9.67. The van der Waals surface area contributed by atoms with Crippen LogP contribution < -0.4 is 0 Å². The molecule has 0 aliphatic rings. The predicted molar refractivity (Wildman–Crippen MR) is 72.3 cm³/mol. The molecule has 0 aliphatic carbocycles. The first kappa shape index (κ1) is 14.9. The zero-order valence-corrected chi connectivity index (χ0v) is 11.5. The highest BCUT2D eigenvalue weighted by atomic mass is 35.5. The molecule has 0 saturated heterocycles. The highest BCUT2D eigenvalue weighted by Gasteiger charge is 1.98. The van der Waals surface area contributed by atoms with Gasteiger partial charge in [-0.3, -0.25) is 0 Å². The van der Waals surface area contributed by atoms with Crippen LogP contribution in [-0.4, -0.2) is 0 Å². The van der Waals surface area contributed by atoms with Gasteiger partial charge < -0.3 is 0 Å². The molecule has 0 aromatic heterocycles. The van der Waals surface area contributed by atoms with Crippen molar-refractivity contribution in [3.05, 3.63) is 69.2 Å². The van der Waals surface area contributed by atoms with E-state index >= 15 is 0 Å². The maximum Gasteiger partial charge on any atom is 0.127 e. The Kier molecular flexibility index (Phi) is 5.57. The lowest BCUT2D eigenvalue weighted by Gasteiger charge is -1.95. The minimum atomic E-state index is -0.248. The van der Waals surface area contributed by atoms with Gasteiger partial charge in [0.25, 0.3) is 0 Å². The SMILES string of the molecule is Cc1c(F)cccc1Cl.Cc1c(F)cccc1Cl. The fourth-order valence-electron chi connectivity index (χ4n) is 1.16. The molecule has 0 bridgehead atoms. The lowest BCUT2D eigenvalue weighted by molar-refractivity contribution is 0.618. The summed E-state index contributed by atoms with van der Waals surface area (Å²) in [5.74, 6) is -0.495. The Labute approximate surface area is 115 Å². The summed E-state index contributed by atoms with van der Waals surface area (Å²) >= 11 is 11.1. The van der Waals surface area contributed by atoms with E-state index in [-0.39, 0.29) is 11.6 Å². The van der Waals surface area contributed by atoms with Crippen LogP contribution in [0.4, 0.5) is 8.78 Å². The summed E-state index contributed by atoms with van der Waals surface area (Å²) in [6.45, 7) is 3.30. The molecule has 2 aromatic carbocycles. The highest BCUT2D eigenvalue weighted by Crippen LogP contribution is 2.17. The van der Waals surface area contributed by atoms with Crippen LogP contribution in [0.25, 0.3) is 0 Å². The molecule has 4 heteroatoms. The van der Waals surface area contributed by atoms with Crippen molar-refractivity contribution >= 4 is 23.2 Å². The maximum atomic E-state index is 12.5. The monoisotopic (exact) mass is 288 g/mol. The highest BCUT2D eigenvalue weighted by molar-refractivity contribution is 6.31. The molecule has 96 valence electrons. The van der Waals surface area contributed by atoms with Gasteiger partial charge in [-0.1, -0.05) is 35.3 Å². The predicted octanol–water partition coefficient (Wildman–Crippen LogP) is 5.58. The molecule has 0 nitrogen and oxygen atoms in total. The van der Waals surface area contributed by atoms with E-state index in [1.54, 1.807) is 38.1 Å². The molecule has 0 saturated carbocycles. The van der Waals surface area contributed by atoms with Crippen LogP contribution >= 0.6 is 23.2 Å². The van der Waals surface area contributed by atoms with Crippen LogP contribution in [-0.2, 0) is 0 Å². The summed E-state index contributed by atoms with van der Waals surface area (Å²) in [4.78, 5) is 0. The molecule has 2 rings (SSSR count). The lowest BCUT2D eigenvalue weighted by Crippen LogP contribution is -1.80. The van der Waals surface area contributed by atoms with E-state index in [1.807, 2.05) is 0 Å². The average Bonchev–Trinajstić information content (AvgIpc) is 2.34. The van der Waals surface area contributed by atoms with Gasteiger partial charge >= 0.3 is 0 Å². The van der Waals surface area contributed by atoms with Gasteiger partial charge in [0.05, 0.1) is 0 Å².